The quantitative estimate of drug-likeness (QED) is 0.696. The highest BCUT2D eigenvalue weighted by Crippen LogP contribution is 2.41. The molecule has 106 valence electrons. The SMILES string of the molecule is N#CC1=C(N)Oc2[nH]c(=O)[nH]c(=O)c2C1c1ccc(Br)s1. The van der Waals surface area contributed by atoms with Crippen molar-refractivity contribution in [2.75, 3.05) is 0 Å². The number of fused-ring (bicyclic) bond motifs is 1. The van der Waals surface area contributed by atoms with E-state index in [1.165, 1.54) is 11.3 Å². The van der Waals surface area contributed by atoms with Crippen molar-refractivity contribution in [2.24, 2.45) is 5.73 Å². The number of ether oxygens (including phenoxy) is 1. The molecule has 0 fully saturated rings. The maximum atomic E-state index is 12.1. The number of nitrogens with one attached hydrogen (secondary N) is 2. The Labute approximate surface area is 129 Å². The summed E-state index contributed by atoms with van der Waals surface area (Å²) in [4.78, 5) is 28.7. The third-order valence-electron chi connectivity index (χ3n) is 3.00. The summed E-state index contributed by atoms with van der Waals surface area (Å²) >= 11 is 4.71. The van der Waals surface area contributed by atoms with E-state index in [2.05, 4.69) is 25.9 Å². The van der Waals surface area contributed by atoms with Crippen molar-refractivity contribution < 1.29 is 4.74 Å². The summed E-state index contributed by atoms with van der Waals surface area (Å²) in [5, 5.41) is 9.31. The summed E-state index contributed by atoms with van der Waals surface area (Å²) < 4.78 is 6.06. The van der Waals surface area contributed by atoms with Crippen molar-refractivity contribution in [3.8, 4) is 11.9 Å². The van der Waals surface area contributed by atoms with Crippen molar-refractivity contribution >= 4 is 27.3 Å². The Morgan fingerprint density at radius 1 is 1.38 bits per heavy atom. The van der Waals surface area contributed by atoms with Crippen molar-refractivity contribution in [2.45, 2.75) is 5.92 Å². The van der Waals surface area contributed by atoms with Gasteiger partial charge in [0.25, 0.3) is 5.56 Å². The molecule has 3 heterocycles. The van der Waals surface area contributed by atoms with Crippen LogP contribution in [0.25, 0.3) is 0 Å². The third kappa shape index (κ3) is 2.18. The monoisotopic (exact) mass is 366 g/mol. The number of allylic oxidation sites excluding steroid dienone is 1. The molecule has 1 aliphatic rings. The van der Waals surface area contributed by atoms with Gasteiger partial charge in [0.1, 0.15) is 11.6 Å². The molecule has 0 saturated carbocycles. The lowest BCUT2D eigenvalue weighted by Crippen LogP contribution is -2.33. The fourth-order valence-electron chi connectivity index (χ4n) is 2.16. The Hall–Kier alpha value is -2.31. The molecule has 0 aliphatic carbocycles. The zero-order valence-electron chi connectivity index (χ0n) is 10.3. The van der Waals surface area contributed by atoms with Gasteiger partial charge in [-0.2, -0.15) is 5.26 Å². The third-order valence-corrected chi connectivity index (χ3v) is 4.69. The summed E-state index contributed by atoms with van der Waals surface area (Å²) in [5.41, 5.74) is 4.72. The van der Waals surface area contributed by atoms with Crippen LogP contribution >= 0.6 is 27.3 Å². The normalized spacial score (nSPS) is 17.0. The minimum atomic E-state index is -0.696. The van der Waals surface area contributed by atoms with Crippen molar-refractivity contribution in [3.05, 3.63) is 58.7 Å². The van der Waals surface area contributed by atoms with Crippen LogP contribution in [0, 0.1) is 11.3 Å². The van der Waals surface area contributed by atoms with Crippen LogP contribution in [0.5, 0.6) is 5.88 Å². The first-order valence-electron chi connectivity index (χ1n) is 5.70. The highest BCUT2D eigenvalue weighted by Gasteiger charge is 2.34. The van der Waals surface area contributed by atoms with Crippen molar-refractivity contribution in [3.63, 3.8) is 0 Å². The van der Waals surface area contributed by atoms with Gasteiger partial charge in [-0.15, -0.1) is 11.3 Å². The minimum Gasteiger partial charge on any atom is -0.424 e. The first-order valence-corrected chi connectivity index (χ1v) is 7.31. The zero-order chi connectivity index (χ0) is 15.1. The minimum absolute atomic E-state index is 0.0326. The summed E-state index contributed by atoms with van der Waals surface area (Å²) in [6.45, 7) is 0. The van der Waals surface area contributed by atoms with E-state index in [-0.39, 0.29) is 22.9 Å². The summed E-state index contributed by atoms with van der Waals surface area (Å²) in [7, 11) is 0. The fraction of sp³-hybridized carbons (Fsp3) is 0.0833. The van der Waals surface area contributed by atoms with Gasteiger partial charge in [0, 0.05) is 4.88 Å². The molecule has 1 atom stereocenters. The van der Waals surface area contributed by atoms with Crippen LogP contribution in [-0.2, 0) is 0 Å². The molecule has 7 nitrogen and oxygen atoms in total. The number of hydrogen-bond donors (Lipinski definition) is 3. The van der Waals surface area contributed by atoms with Gasteiger partial charge >= 0.3 is 5.69 Å². The topological polar surface area (TPSA) is 125 Å². The molecule has 0 saturated heterocycles. The Bertz CT molecular complexity index is 918. The number of nitrogens with two attached hydrogens (primary N) is 1. The fourth-order valence-corrected chi connectivity index (χ4v) is 3.70. The van der Waals surface area contributed by atoms with E-state index < -0.39 is 17.2 Å². The molecule has 0 amide bonds. The Kier molecular flexibility index (Phi) is 3.19. The standard InChI is InChI=1S/C12H7BrN4O3S/c13-6-2-1-5(21-6)7-4(3-14)9(15)20-11-8(7)10(18)16-12(19)17-11/h1-2,7H,15H2,(H2,16,17,18,19). The molecule has 3 rings (SSSR count). The maximum absolute atomic E-state index is 12.1. The average molecular weight is 367 g/mol. The Morgan fingerprint density at radius 2 is 2.14 bits per heavy atom. The van der Waals surface area contributed by atoms with E-state index in [0.717, 1.165) is 8.66 Å². The summed E-state index contributed by atoms with van der Waals surface area (Å²) in [6, 6.07) is 5.56. The molecule has 2 aromatic heterocycles. The van der Waals surface area contributed by atoms with Crippen LogP contribution in [0.1, 0.15) is 16.4 Å². The number of halogens is 1. The summed E-state index contributed by atoms with van der Waals surface area (Å²) in [5.74, 6) is -0.828. The van der Waals surface area contributed by atoms with E-state index in [1.807, 2.05) is 6.07 Å². The molecule has 0 spiro atoms. The molecule has 0 bridgehead atoms. The predicted octanol–water partition coefficient (Wildman–Crippen LogP) is 1.11. The number of H-pyrrole nitrogens is 2. The van der Waals surface area contributed by atoms with E-state index in [9.17, 15) is 14.9 Å². The van der Waals surface area contributed by atoms with Crippen molar-refractivity contribution in [1.82, 2.24) is 9.97 Å². The van der Waals surface area contributed by atoms with Crippen LogP contribution in [0.4, 0.5) is 0 Å². The zero-order valence-corrected chi connectivity index (χ0v) is 12.7. The predicted molar refractivity (Wildman–Crippen MR) is 79.0 cm³/mol. The average Bonchev–Trinajstić information content (AvgIpc) is 2.83. The first-order chi connectivity index (χ1) is 10.0. The maximum Gasteiger partial charge on any atom is 0.328 e. The molecule has 21 heavy (non-hydrogen) atoms. The molecule has 0 aromatic carbocycles. The van der Waals surface area contributed by atoms with Crippen LogP contribution in [0.2, 0.25) is 0 Å². The van der Waals surface area contributed by atoms with E-state index in [0.29, 0.717) is 0 Å². The molecule has 0 radical (unpaired) electrons. The smallest absolute Gasteiger partial charge is 0.328 e. The molecule has 1 unspecified atom stereocenters. The van der Waals surface area contributed by atoms with Gasteiger partial charge in [-0.25, -0.2) is 4.79 Å². The number of aromatic amines is 2. The van der Waals surface area contributed by atoms with Crippen LogP contribution in [0.15, 0.2) is 37.0 Å². The lowest BCUT2D eigenvalue weighted by atomic mass is 9.90. The van der Waals surface area contributed by atoms with Gasteiger partial charge in [0.05, 0.1) is 15.3 Å². The first kappa shape index (κ1) is 13.7. The van der Waals surface area contributed by atoms with Gasteiger partial charge in [-0.3, -0.25) is 14.8 Å². The number of rotatable bonds is 1. The molecular weight excluding hydrogens is 360 g/mol. The lowest BCUT2D eigenvalue weighted by molar-refractivity contribution is 0.374. The Balaban J connectivity index is 2.33. The largest absolute Gasteiger partial charge is 0.424 e. The molecular formula is C12H7BrN4O3S. The van der Waals surface area contributed by atoms with Gasteiger partial charge in [-0.05, 0) is 28.1 Å². The van der Waals surface area contributed by atoms with Crippen LogP contribution in [-0.4, -0.2) is 9.97 Å². The number of aromatic nitrogens is 2. The van der Waals surface area contributed by atoms with E-state index >= 15 is 0 Å². The highest BCUT2D eigenvalue weighted by molar-refractivity contribution is 9.11. The van der Waals surface area contributed by atoms with Gasteiger partial charge < -0.3 is 10.5 Å². The summed E-state index contributed by atoms with van der Waals surface area (Å²) in [6.07, 6.45) is 0. The van der Waals surface area contributed by atoms with E-state index in [1.54, 1.807) is 12.1 Å². The van der Waals surface area contributed by atoms with Crippen LogP contribution < -0.4 is 21.7 Å². The highest BCUT2D eigenvalue weighted by atomic mass is 79.9. The van der Waals surface area contributed by atoms with Gasteiger partial charge in [0.2, 0.25) is 11.8 Å². The second-order valence-electron chi connectivity index (χ2n) is 4.22. The second kappa shape index (κ2) is 4.91. The molecule has 1 aliphatic heterocycles. The molecule has 9 heteroatoms. The van der Waals surface area contributed by atoms with Gasteiger partial charge in [0.15, 0.2) is 0 Å². The van der Waals surface area contributed by atoms with Gasteiger partial charge in [-0.1, -0.05) is 0 Å². The molecule has 4 N–H and O–H groups in total. The van der Waals surface area contributed by atoms with Crippen LogP contribution in [0.3, 0.4) is 0 Å². The number of nitrogens with zero attached hydrogens (tertiary/aromatic N) is 1. The number of thiophene rings is 1. The van der Waals surface area contributed by atoms with Crippen molar-refractivity contribution in [1.29, 1.82) is 5.26 Å². The number of nitriles is 1. The second-order valence-corrected chi connectivity index (χ2v) is 6.71. The Morgan fingerprint density at radius 3 is 2.76 bits per heavy atom. The lowest BCUT2D eigenvalue weighted by Gasteiger charge is -2.23. The molecule has 2 aromatic rings. The number of hydrogen-bond acceptors (Lipinski definition) is 6. The van der Waals surface area contributed by atoms with E-state index in [4.69, 9.17) is 10.5 Å².